The summed E-state index contributed by atoms with van der Waals surface area (Å²) in [4.78, 5) is 26.4. The van der Waals surface area contributed by atoms with Crippen molar-refractivity contribution in [1.82, 2.24) is 15.5 Å². The number of nitrogens with one attached hydrogen (secondary N) is 2. The van der Waals surface area contributed by atoms with Gasteiger partial charge in [-0.15, -0.1) is 11.8 Å². The van der Waals surface area contributed by atoms with Crippen LogP contribution in [-0.2, 0) is 4.79 Å². The Morgan fingerprint density at radius 3 is 2.76 bits per heavy atom. The molecule has 21 heavy (non-hydrogen) atoms. The lowest BCUT2D eigenvalue weighted by Gasteiger charge is -2.23. The van der Waals surface area contributed by atoms with E-state index in [0.717, 1.165) is 0 Å². The molecule has 0 saturated carbocycles. The van der Waals surface area contributed by atoms with Crippen LogP contribution in [0.1, 0.15) is 17.3 Å². The molecule has 5 nitrogen and oxygen atoms in total. The van der Waals surface area contributed by atoms with E-state index in [2.05, 4.69) is 10.6 Å². The first-order chi connectivity index (χ1) is 10.1. The number of likely N-dealkylation sites (N-methyl/N-ethyl adjacent to an activating group) is 1. The Morgan fingerprint density at radius 1 is 1.38 bits per heavy atom. The lowest BCUT2D eigenvalue weighted by atomic mass is 10.1. The Kier molecular flexibility index (Phi) is 5.64. The number of carbonyl (C=O) groups is 2. The zero-order valence-electron chi connectivity index (χ0n) is 12.3. The second kappa shape index (κ2) is 7.47. The average molecular weight is 307 g/mol. The summed E-state index contributed by atoms with van der Waals surface area (Å²) in [6.07, 6.45) is 0. The van der Waals surface area contributed by atoms with Gasteiger partial charge >= 0.3 is 0 Å². The molecule has 2 atom stereocenters. The van der Waals surface area contributed by atoms with Crippen molar-refractivity contribution in [3.8, 4) is 0 Å². The maximum atomic E-state index is 12.5. The minimum Gasteiger partial charge on any atom is -0.353 e. The Hall–Kier alpha value is -1.53. The fourth-order valence-electron chi connectivity index (χ4n) is 2.08. The summed E-state index contributed by atoms with van der Waals surface area (Å²) in [6.45, 7) is 2.56. The smallest absolute Gasteiger partial charge is 0.255 e. The first-order valence-corrected chi connectivity index (χ1v) is 8.17. The predicted molar refractivity (Wildman–Crippen MR) is 85.3 cm³/mol. The van der Waals surface area contributed by atoms with Crippen molar-refractivity contribution in [3.63, 3.8) is 0 Å². The third kappa shape index (κ3) is 3.98. The van der Waals surface area contributed by atoms with Crippen LogP contribution in [0.3, 0.4) is 0 Å². The van der Waals surface area contributed by atoms with Gasteiger partial charge in [-0.25, -0.2) is 0 Å². The third-order valence-corrected chi connectivity index (χ3v) is 4.55. The van der Waals surface area contributed by atoms with Crippen LogP contribution in [0.2, 0.25) is 0 Å². The van der Waals surface area contributed by atoms with E-state index >= 15 is 0 Å². The fourth-order valence-corrected chi connectivity index (χ4v) is 3.23. The van der Waals surface area contributed by atoms with Crippen LogP contribution in [0.15, 0.2) is 30.3 Å². The number of benzene rings is 1. The summed E-state index contributed by atoms with van der Waals surface area (Å²) in [5.74, 6) is 1.06. The van der Waals surface area contributed by atoms with Crippen LogP contribution in [0.25, 0.3) is 0 Å². The predicted octanol–water partition coefficient (Wildman–Crippen LogP) is 0.926. The highest BCUT2D eigenvalue weighted by molar-refractivity contribution is 7.99. The molecular formula is C15H21N3O2S. The van der Waals surface area contributed by atoms with Gasteiger partial charge in [-0.05, 0) is 26.1 Å². The molecule has 2 amide bonds. The second-order valence-electron chi connectivity index (χ2n) is 5.09. The average Bonchev–Trinajstić information content (AvgIpc) is 3.01. The topological polar surface area (TPSA) is 61.4 Å². The largest absolute Gasteiger partial charge is 0.353 e. The van der Waals surface area contributed by atoms with Gasteiger partial charge in [-0.2, -0.15) is 0 Å². The fraction of sp³-hybridized carbons (Fsp3) is 0.467. The summed E-state index contributed by atoms with van der Waals surface area (Å²) in [6, 6.07) is 8.93. The lowest BCUT2D eigenvalue weighted by molar-refractivity contribution is -0.124. The Labute approximate surface area is 129 Å². The lowest BCUT2D eigenvalue weighted by Crippen LogP contribution is -2.49. The number of amides is 2. The summed E-state index contributed by atoms with van der Waals surface area (Å²) < 4.78 is 0. The van der Waals surface area contributed by atoms with E-state index < -0.39 is 0 Å². The highest BCUT2D eigenvalue weighted by Crippen LogP contribution is 2.23. The minimum absolute atomic E-state index is 0.0774. The Balaban J connectivity index is 2.00. The minimum atomic E-state index is -0.383. The zero-order chi connectivity index (χ0) is 15.2. The van der Waals surface area contributed by atoms with Gasteiger partial charge in [0.25, 0.3) is 5.91 Å². The molecule has 6 heteroatoms. The van der Waals surface area contributed by atoms with Gasteiger partial charge in [0, 0.05) is 23.9 Å². The van der Waals surface area contributed by atoms with Crippen LogP contribution in [0.5, 0.6) is 0 Å². The number of thioether (sulfide) groups is 1. The summed E-state index contributed by atoms with van der Waals surface area (Å²) >= 11 is 1.61. The van der Waals surface area contributed by atoms with Crippen molar-refractivity contribution >= 4 is 23.6 Å². The van der Waals surface area contributed by atoms with Crippen LogP contribution in [0, 0.1) is 0 Å². The number of rotatable bonds is 5. The van der Waals surface area contributed by atoms with Gasteiger partial charge in [0.1, 0.15) is 6.04 Å². The molecule has 1 saturated heterocycles. The first kappa shape index (κ1) is 15.9. The standard InChI is InChI=1S/C15H21N3O2S/c1-11(16-2)8-17-14(19)13-9-21-10-18(13)15(20)12-6-4-3-5-7-12/h3-7,11,13,16H,8-10H2,1-2H3,(H,17,19). The number of hydrogen-bond donors (Lipinski definition) is 2. The molecule has 0 radical (unpaired) electrons. The van der Waals surface area contributed by atoms with Crippen molar-refractivity contribution in [3.05, 3.63) is 35.9 Å². The SMILES string of the molecule is CNC(C)CNC(=O)C1CSCN1C(=O)c1ccccc1. The second-order valence-corrected chi connectivity index (χ2v) is 6.09. The van der Waals surface area contributed by atoms with Crippen LogP contribution >= 0.6 is 11.8 Å². The van der Waals surface area contributed by atoms with Crippen molar-refractivity contribution < 1.29 is 9.59 Å². The maximum absolute atomic E-state index is 12.5. The molecule has 0 aliphatic carbocycles. The van der Waals surface area contributed by atoms with Crippen LogP contribution in [-0.4, -0.2) is 54.0 Å². The van der Waals surface area contributed by atoms with Crippen LogP contribution in [0.4, 0.5) is 0 Å². The molecule has 1 aromatic rings. The molecule has 1 aromatic carbocycles. The van der Waals surface area contributed by atoms with Gasteiger partial charge in [0.2, 0.25) is 5.91 Å². The van der Waals surface area contributed by atoms with Crippen LogP contribution < -0.4 is 10.6 Å². The molecule has 0 aromatic heterocycles. The molecule has 1 aliphatic rings. The highest BCUT2D eigenvalue weighted by atomic mass is 32.2. The van der Waals surface area contributed by atoms with Crippen molar-refractivity contribution in [2.24, 2.45) is 0 Å². The highest BCUT2D eigenvalue weighted by Gasteiger charge is 2.34. The summed E-state index contributed by atoms with van der Waals surface area (Å²) in [5, 5.41) is 5.97. The van der Waals surface area contributed by atoms with Gasteiger partial charge in [-0.3, -0.25) is 9.59 Å². The van der Waals surface area contributed by atoms with E-state index in [1.54, 1.807) is 28.8 Å². The van der Waals surface area contributed by atoms with E-state index in [1.165, 1.54) is 0 Å². The zero-order valence-corrected chi connectivity index (χ0v) is 13.2. The van der Waals surface area contributed by atoms with Crippen molar-refractivity contribution in [2.75, 3.05) is 25.2 Å². The molecule has 1 fully saturated rings. The quantitative estimate of drug-likeness (QED) is 0.849. The van der Waals surface area contributed by atoms with Crippen molar-refractivity contribution in [2.45, 2.75) is 19.0 Å². The molecular weight excluding hydrogens is 286 g/mol. The number of carbonyl (C=O) groups excluding carboxylic acids is 2. The van der Waals surface area contributed by atoms with E-state index in [4.69, 9.17) is 0 Å². The van der Waals surface area contributed by atoms with E-state index in [0.29, 0.717) is 23.7 Å². The summed E-state index contributed by atoms with van der Waals surface area (Å²) in [5.41, 5.74) is 0.626. The molecule has 0 spiro atoms. The molecule has 114 valence electrons. The summed E-state index contributed by atoms with van der Waals surface area (Å²) in [7, 11) is 1.85. The normalized spacial score (nSPS) is 19.3. The molecule has 1 aliphatic heterocycles. The Morgan fingerprint density at radius 2 is 2.10 bits per heavy atom. The first-order valence-electron chi connectivity index (χ1n) is 7.02. The molecule has 1 heterocycles. The molecule has 2 N–H and O–H groups in total. The van der Waals surface area contributed by atoms with Gasteiger partial charge in [0.05, 0.1) is 5.88 Å². The van der Waals surface area contributed by atoms with Gasteiger partial charge in [0.15, 0.2) is 0 Å². The Bertz CT molecular complexity index is 495. The van der Waals surface area contributed by atoms with E-state index in [1.807, 2.05) is 32.2 Å². The molecule has 2 unspecified atom stereocenters. The van der Waals surface area contributed by atoms with Crippen molar-refractivity contribution in [1.29, 1.82) is 0 Å². The maximum Gasteiger partial charge on any atom is 0.255 e. The number of nitrogens with zero attached hydrogens (tertiary/aromatic N) is 1. The monoisotopic (exact) mass is 307 g/mol. The molecule has 2 rings (SSSR count). The van der Waals surface area contributed by atoms with Gasteiger partial charge < -0.3 is 15.5 Å². The van der Waals surface area contributed by atoms with E-state index in [-0.39, 0.29) is 23.9 Å². The van der Waals surface area contributed by atoms with E-state index in [9.17, 15) is 9.59 Å². The molecule has 0 bridgehead atoms. The third-order valence-electron chi connectivity index (χ3n) is 3.54. The van der Waals surface area contributed by atoms with Gasteiger partial charge in [-0.1, -0.05) is 18.2 Å². The number of hydrogen-bond acceptors (Lipinski definition) is 4.